The molecule has 3 rings (SSSR count). The number of unbranched alkanes of at least 4 members (excludes halogenated alkanes) is 4. The van der Waals surface area contributed by atoms with Gasteiger partial charge in [0.2, 0.25) is 0 Å². The van der Waals surface area contributed by atoms with Crippen molar-refractivity contribution in [1.82, 2.24) is 4.98 Å². The van der Waals surface area contributed by atoms with E-state index in [1.807, 2.05) is 12.1 Å². The van der Waals surface area contributed by atoms with Crippen LogP contribution in [0.4, 0.5) is 11.4 Å². The zero-order valence-electron chi connectivity index (χ0n) is 27.4. The van der Waals surface area contributed by atoms with Crippen LogP contribution in [0.3, 0.4) is 0 Å². The molecule has 0 radical (unpaired) electrons. The summed E-state index contributed by atoms with van der Waals surface area (Å²) in [5.41, 5.74) is 10.9. The Kier molecular flexibility index (Phi) is 21.9. The van der Waals surface area contributed by atoms with Gasteiger partial charge in [0, 0.05) is 5.02 Å². The van der Waals surface area contributed by atoms with Crippen molar-refractivity contribution in [2.75, 3.05) is 0 Å². The molecule has 3 aromatic rings. The summed E-state index contributed by atoms with van der Waals surface area (Å²) in [6.07, 6.45) is 13.5. The second-order valence-corrected chi connectivity index (χ2v) is 11.7. The molecule has 0 spiro atoms. The first-order valence-electron chi connectivity index (χ1n) is 15.9. The molecule has 0 N–H and O–H groups in total. The van der Waals surface area contributed by atoms with Gasteiger partial charge in [-0.3, -0.25) is 9.98 Å². The van der Waals surface area contributed by atoms with Gasteiger partial charge in [-0.25, -0.2) is 4.98 Å². The second-order valence-electron chi connectivity index (χ2n) is 11.2. The van der Waals surface area contributed by atoms with E-state index in [1.54, 1.807) is 0 Å². The number of hydrogen-bond donors (Lipinski definition) is 0. The van der Waals surface area contributed by atoms with Gasteiger partial charge in [0.15, 0.2) is 0 Å². The number of aliphatic imine (C=N–C) groups is 2. The molecule has 0 amide bonds. The average Bonchev–Trinajstić information content (AvgIpc) is 2.98. The van der Waals surface area contributed by atoms with E-state index in [9.17, 15) is 0 Å². The third-order valence-electron chi connectivity index (χ3n) is 7.70. The van der Waals surface area contributed by atoms with E-state index >= 15 is 0 Å². The number of aryl methyl sites for hydroxylation is 4. The first-order valence-corrected chi connectivity index (χ1v) is 16.3. The minimum absolute atomic E-state index is 0. The van der Waals surface area contributed by atoms with Gasteiger partial charge in [-0.15, -0.1) is 0 Å². The van der Waals surface area contributed by atoms with E-state index in [-0.39, 0.29) is 41.9 Å². The maximum atomic E-state index is 6.69. The largest absolute Gasteiger partial charge is 2.00 e. The van der Waals surface area contributed by atoms with Crippen molar-refractivity contribution in [2.24, 2.45) is 9.98 Å². The molecular weight excluding hydrogens is 649 g/mol. The summed E-state index contributed by atoms with van der Waals surface area (Å²) in [5, 5.41) is 0.657. The SMILES string of the molecule is CCCCc1cccc(CCCC)c1N=C(C)c1cc(Cl)cc(C(C)=Nc2c(CCCC)cccc2CCCC)n1.[Cl-].[Cl-].[Fe+2]. The maximum Gasteiger partial charge on any atom is 2.00 e. The van der Waals surface area contributed by atoms with Gasteiger partial charge in [0.1, 0.15) is 0 Å². The number of rotatable bonds is 16. The zero-order chi connectivity index (χ0) is 29.6. The number of nitrogens with zero attached hydrogens (tertiary/aromatic N) is 3. The first kappa shape index (κ1) is 42.3. The number of para-hydroxylation sites is 2. The third kappa shape index (κ3) is 12.6. The van der Waals surface area contributed by atoms with Gasteiger partial charge in [0.25, 0.3) is 0 Å². The molecule has 0 aliphatic heterocycles. The van der Waals surface area contributed by atoms with E-state index in [0.717, 1.165) is 85.6 Å². The Labute approximate surface area is 295 Å². The van der Waals surface area contributed by atoms with Crippen molar-refractivity contribution < 1.29 is 41.9 Å². The van der Waals surface area contributed by atoms with Crippen LogP contribution in [-0.2, 0) is 42.8 Å². The smallest absolute Gasteiger partial charge is 1.00 e. The van der Waals surface area contributed by atoms with E-state index < -0.39 is 0 Å². The predicted octanol–water partition coefficient (Wildman–Crippen LogP) is 5.39. The molecule has 3 nitrogen and oxygen atoms in total. The van der Waals surface area contributed by atoms with Crippen LogP contribution in [0.2, 0.25) is 5.02 Å². The van der Waals surface area contributed by atoms with E-state index in [4.69, 9.17) is 26.6 Å². The second kappa shape index (κ2) is 22.8. The fourth-order valence-electron chi connectivity index (χ4n) is 5.17. The van der Waals surface area contributed by atoms with Crippen LogP contribution < -0.4 is 24.8 Å². The average molecular weight is 699 g/mol. The molecule has 44 heavy (non-hydrogen) atoms. The van der Waals surface area contributed by atoms with Gasteiger partial charge in [0.05, 0.1) is 34.2 Å². The summed E-state index contributed by atoms with van der Waals surface area (Å²) in [4.78, 5) is 15.5. The Morgan fingerprint density at radius 3 is 1.16 bits per heavy atom. The number of hydrogen-bond acceptors (Lipinski definition) is 3. The first-order chi connectivity index (χ1) is 19.9. The fraction of sp³-hybridized carbons (Fsp3) is 0.486. The van der Waals surface area contributed by atoms with Crippen LogP contribution in [0.5, 0.6) is 0 Å². The Bertz CT molecular complexity index is 1190. The molecule has 7 heteroatoms. The van der Waals surface area contributed by atoms with Crippen LogP contribution >= 0.6 is 11.6 Å². The molecule has 0 atom stereocenters. The van der Waals surface area contributed by atoms with Crippen molar-refractivity contribution in [3.63, 3.8) is 0 Å². The van der Waals surface area contributed by atoms with Gasteiger partial charge in [-0.2, -0.15) is 0 Å². The standard InChI is InChI=1S/C37H50ClN3.2ClH.Fe/c1-7-11-17-29-21-15-22-30(18-12-8-2)36(29)39-27(5)34-25-33(38)26-35(41-34)28(6)40-37-31(19-13-9-3)23-16-24-32(37)20-14-10-4;;;/h15-16,21-26H,7-14,17-20H2,1-6H3;2*1H;/q;;;+2/p-2. The monoisotopic (exact) mass is 697 g/mol. The summed E-state index contributed by atoms with van der Waals surface area (Å²) < 4.78 is 0. The number of benzene rings is 2. The fourth-order valence-corrected chi connectivity index (χ4v) is 5.38. The summed E-state index contributed by atoms with van der Waals surface area (Å²) in [7, 11) is 0. The molecule has 0 aliphatic carbocycles. The van der Waals surface area contributed by atoms with Crippen LogP contribution in [-0.4, -0.2) is 16.4 Å². The molecule has 1 aromatic heterocycles. The number of aromatic nitrogens is 1. The van der Waals surface area contributed by atoms with Crippen molar-refractivity contribution in [1.29, 1.82) is 0 Å². The third-order valence-corrected chi connectivity index (χ3v) is 7.91. The van der Waals surface area contributed by atoms with Crippen LogP contribution in [0.1, 0.15) is 127 Å². The molecule has 1 heterocycles. The summed E-state index contributed by atoms with van der Waals surface area (Å²) in [6, 6.07) is 17.2. The summed E-state index contributed by atoms with van der Waals surface area (Å²) in [5.74, 6) is 0. The number of pyridine rings is 1. The Morgan fingerprint density at radius 2 is 0.886 bits per heavy atom. The summed E-state index contributed by atoms with van der Waals surface area (Å²) in [6.45, 7) is 13.1. The topological polar surface area (TPSA) is 37.6 Å². The number of halogens is 3. The van der Waals surface area contributed by atoms with Crippen LogP contribution in [0.15, 0.2) is 58.5 Å². The minimum Gasteiger partial charge on any atom is -1.00 e. The van der Waals surface area contributed by atoms with Crippen LogP contribution in [0.25, 0.3) is 0 Å². The maximum absolute atomic E-state index is 6.69. The van der Waals surface area contributed by atoms with E-state index in [2.05, 4.69) is 77.9 Å². The summed E-state index contributed by atoms with van der Waals surface area (Å²) >= 11 is 6.69. The molecule has 0 unspecified atom stereocenters. The van der Waals surface area contributed by atoms with Gasteiger partial charge < -0.3 is 24.8 Å². The molecule has 0 saturated carbocycles. The van der Waals surface area contributed by atoms with Crippen molar-refractivity contribution in [3.05, 3.63) is 87.2 Å². The Hall–Kier alpha value is -1.68. The molecule has 0 bridgehead atoms. The molecule has 0 fully saturated rings. The van der Waals surface area contributed by atoms with E-state index in [0.29, 0.717) is 5.02 Å². The molecule has 2 aromatic carbocycles. The predicted molar refractivity (Wildman–Crippen MR) is 180 cm³/mol. The van der Waals surface area contributed by atoms with E-state index in [1.165, 1.54) is 47.9 Å². The zero-order valence-corrected chi connectivity index (χ0v) is 30.8. The van der Waals surface area contributed by atoms with Crippen molar-refractivity contribution in [2.45, 2.75) is 119 Å². The Morgan fingerprint density at radius 1 is 0.591 bits per heavy atom. The Balaban J connectivity index is 0.00000616. The molecule has 0 aliphatic rings. The molecular formula is C37H50Cl3FeN3. The minimum atomic E-state index is 0. The van der Waals surface area contributed by atoms with Crippen LogP contribution in [0, 0.1) is 0 Å². The normalized spacial score (nSPS) is 11.4. The van der Waals surface area contributed by atoms with Gasteiger partial charge >= 0.3 is 17.1 Å². The van der Waals surface area contributed by atoms with Crippen molar-refractivity contribution >= 4 is 34.4 Å². The quantitative estimate of drug-likeness (QED) is 0.146. The van der Waals surface area contributed by atoms with Gasteiger partial charge in [-0.1, -0.05) is 101 Å². The molecule has 242 valence electrons. The molecule has 0 saturated heterocycles. The van der Waals surface area contributed by atoms with Crippen molar-refractivity contribution in [3.8, 4) is 0 Å². The van der Waals surface area contributed by atoms with Gasteiger partial charge in [-0.05, 0) is 99.6 Å².